The van der Waals surface area contributed by atoms with Crippen molar-refractivity contribution in [1.82, 2.24) is 4.23 Å². The van der Waals surface area contributed by atoms with Gasteiger partial charge in [0.15, 0.2) is 0 Å². The van der Waals surface area contributed by atoms with Crippen molar-refractivity contribution in [3.63, 3.8) is 0 Å². The van der Waals surface area contributed by atoms with Crippen LogP contribution in [0.1, 0.15) is 13.8 Å². The fourth-order valence-corrected chi connectivity index (χ4v) is 14.8. The van der Waals surface area contributed by atoms with Gasteiger partial charge in [-0.25, -0.2) is 0 Å². The van der Waals surface area contributed by atoms with Crippen LogP contribution in [0, 0.1) is 0 Å². The fourth-order valence-electron chi connectivity index (χ4n) is 2.95. The monoisotopic (exact) mass is 345 g/mol. The minimum Gasteiger partial charge on any atom is -0.430 e. The van der Waals surface area contributed by atoms with Crippen molar-refractivity contribution in [2.24, 2.45) is 0 Å². The van der Waals surface area contributed by atoms with Crippen LogP contribution in [0.5, 0.6) is 0 Å². The molecule has 0 radical (unpaired) electrons. The highest BCUT2D eigenvalue weighted by atomic mass is 28.4. The van der Waals surface area contributed by atoms with E-state index in [4.69, 9.17) is 4.74 Å². The van der Waals surface area contributed by atoms with Crippen molar-refractivity contribution in [2.75, 3.05) is 0 Å². The van der Waals surface area contributed by atoms with Gasteiger partial charge in [-0.3, -0.25) is 4.79 Å². The Bertz CT molecular complexity index is 398. The van der Waals surface area contributed by atoms with E-state index < -0.39 is 24.5 Å². The lowest BCUT2D eigenvalue weighted by molar-refractivity contribution is -0.136. The Morgan fingerprint density at radius 3 is 1.48 bits per heavy atom. The van der Waals surface area contributed by atoms with Crippen LogP contribution in [-0.4, -0.2) is 34.7 Å². The van der Waals surface area contributed by atoms with Crippen LogP contribution in [0.4, 0.5) is 0 Å². The maximum atomic E-state index is 11.4. The van der Waals surface area contributed by atoms with Gasteiger partial charge in [0.25, 0.3) is 0 Å². The standard InChI is InChI=1S/C15H35NO2Si3/c1-13(18-14(2)17)15(12-19(3,4)5)16(20(6,7)8)21(9,10)11/h12H2,1-11H3/b15-13-. The molecule has 6 heteroatoms. The topological polar surface area (TPSA) is 29.5 Å². The molecule has 0 aliphatic rings. The second-order valence-electron chi connectivity index (χ2n) is 9.01. The fraction of sp³-hybridized carbons (Fsp3) is 0.800. The van der Waals surface area contributed by atoms with Crippen LogP contribution in [0.3, 0.4) is 0 Å². The van der Waals surface area contributed by atoms with Crippen molar-refractivity contribution in [1.29, 1.82) is 0 Å². The van der Waals surface area contributed by atoms with E-state index in [1.165, 1.54) is 12.6 Å². The highest BCUT2D eigenvalue weighted by molar-refractivity contribution is 6.90. The third-order valence-corrected chi connectivity index (χ3v) is 11.7. The van der Waals surface area contributed by atoms with Crippen molar-refractivity contribution in [2.45, 2.75) is 78.8 Å². The number of ether oxygens (including phenoxy) is 1. The van der Waals surface area contributed by atoms with Gasteiger partial charge in [-0.15, -0.1) is 0 Å². The van der Waals surface area contributed by atoms with Gasteiger partial charge < -0.3 is 8.97 Å². The van der Waals surface area contributed by atoms with Gasteiger partial charge in [-0.05, 0) is 13.0 Å². The van der Waals surface area contributed by atoms with Gasteiger partial charge in [0.05, 0.1) is 8.07 Å². The lowest BCUT2D eigenvalue weighted by Gasteiger charge is -2.48. The second-order valence-corrected chi connectivity index (χ2v) is 24.5. The molecular formula is C15H35NO2Si3. The van der Waals surface area contributed by atoms with Gasteiger partial charge in [-0.1, -0.05) is 58.9 Å². The number of rotatable bonds is 6. The average molecular weight is 346 g/mol. The van der Waals surface area contributed by atoms with Gasteiger partial charge in [0, 0.05) is 12.6 Å². The molecule has 124 valence electrons. The molecular weight excluding hydrogens is 310 g/mol. The zero-order valence-corrected chi connectivity index (χ0v) is 19.0. The maximum absolute atomic E-state index is 11.4. The Morgan fingerprint density at radius 2 is 1.24 bits per heavy atom. The summed E-state index contributed by atoms with van der Waals surface area (Å²) in [5.74, 6) is 0.599. The lowest BCUT2D eigenvalue weighted by Crippen LogP contribution is -2.59. The molecule has 0 saturated carbocycles. The van der Waals surface area contributed by atoms with E-state index in [1.54, 1.807) is 0 Å². The highest BCUT2D eigenvalue weighted by Crippen LogP contribution is 2.32. The summed E-state index contributed by atoms with van der Waals surface area (Å²) in [6.45, 7) is 24.9. The molecule has 0 bridgehead atoms. The second kappa shape index (κ2) is 6.83. The minimum atomic E-state index is -1.53. The zero-order valence-electron chi connectivity index (χ0n) is 16.0. The summed E-state index contributed by atoms with van der Waals surface area (Å²) >= 11 is 0. The number of nitrogens with zero attached hydrogens (tertiary/aromatic N) is 1. The number of carbonyl (C=O) groups is 1. The molecule has 0 aliphatic carbocycles. The van der Waals surface area contributed by atoms with Crippen LogP contribution in [-0.2, 0) is 9.53 Å². The van der Waals surface area contributed by atoms with Gasteiger partial charge in [0.2, 0.25) is 0 Å². The minimum absolute atomic E-state index is 0.216. The van der Waals surface area contributed by atoms with Crippen molar-refractivity contribution < 1.29 is 9.53 Å². The van der Waals surface area contributed by atoms with Gasteiger partial charge in [0.1, 0.15) is 22.2 Å². The van der Waals surface area contributed by atoms with Crippen molar-refractivity contribution in [3.05, 3.63) is 11.5 Å². The van der Waals surface area contributed by atoms with Crippen LogP contribution >= 0.6 is 0 Å². The van der Waals surface area contributed by atoms with Crippen LogP contribution in [0.25, 0.3) is 0 Å². The third kappa shape index (κ3) is 7.47. The van der Waals surface area contributed by atoms with E-state index in [1.807, 2.05) is 6.92 Å². The summed E-state index contributed by atoms with van der Waals surface area (Å²) in [6.07, 6.45) is 0. The molecule has 0 rings (SSSR count). The summed E-state index contributed by atoms with van der Waals surface area (Å²) in [7, 11) is -4.36. The van der Waals surface area contributed by atoms with Gasteiger partial charge >= 0.3 is 5.97 Å². The summed E-state index contributed by atoms with van der Waals surface area (Å²) in [4.78, 5) is 11.4. The predicted octanol–water partition coefficient (Wildman–Crippen LogP) is 5.09. The molecule has 21 heavy (non-hydrogen) atoms. The smallest absolute Gasteiger partial charge is 0.307 e. The SMILES string of the molecule is CC(=O)O/C(C)=C(/C[Si](C)(C)C)N([Si](C)(C)C)[Si](C)(C)C. The Kier molecular flexibility index (Phi) is 6.72. The predicted molar refractivity (Wildman–Crippen MR) is 101 cm³/mol. The molecule has 0 saturated heterocycles. The number of allylic oxidation sites excluding steroid dienone is 2. The first-order chi connectivity index (χ1) is 9.05. The molecule has 0 atom stereocenters. The molecule has 0 spiro atoms. The van der Waals surface area contributed by atoms with E-state index in [2.05, 4.69) is 63.2 Å². The summed E-state index contributed by atoms with van der Waals surface area (Å²) in [5, 5.41) is 0. The maximum Gasteiger partial charge on any atom is 0.307 e. The van der Waals surface area contributed by atoms with Crippen molar-refractivity contribution >= 4 is 30.5 Å². The van der Waals surface area contributed by atoms with E-state index >= 15 is 0 Å². The Hall–Kier alpha value is -0.339. The number of carbonyl (C=O) groups excluding carboxylic acids is 1. The largest absolute Gasteiger partial charge is 0.430 e. The molecule has 0 heterocycles. The first-order valence-electron chi connectivity index (χ1n) is 7.74. The zero-order chi connectivity index (χ0) is 17.2. The van der Waals surface area contributed by atoms with E-state index in [-0.39, 0.29) is 5.97 Å². The molecule has 0 aliphatic heterocycles. The Labute approximate surface area is 134 Å². The van der Waals surface area contributed by atoms with E-state index in [9.17, 15) is 4.79 Å². The number of hydrogen-bond acceptors (Lipinski definition) is 3. The molecule has 0 amide bonds. The summed E-state index contributed by atoms with van der Waals surface area (Å²) < 4.78 is 8.19. The van der Waals surface area contributed by atoms with Crippen molar-refractivity contribution in [3.8, 4) is 0 Å². The number of esters is 1. The van der Waals surface area contributed by atoms with Crippen LogP contribution in [0.15, 0.2) is 11.5 Å². The molecule has 0 aromatic rings. The lowest BCUT2D eigenvalue weighted by atomic mass is 10.4. The molecule has 0 fully saturated rings. The molecule has 0 unspecified atom stereocenters. The van der Waals surface area contributed by atoms with Crippen LogP contribution in [0.2, 0.25) is 65.0 Å². The highest BCUT2D eigenvalue weighted by Gasteiger charge is 2.38. The summed E-state index contributed by atoms with van der Waals surface area (Å²) in [6, 6.07) is 1.07. The quantitative estimate of drug-likeness (QED) is 0.381. The molecule has 0 N–H and O–H groups in total. The van der Waals surface area contributed by atoms with Crippen LogP contribution < -0.4 is 0 Å². The Morgan fingerprint density at radius 1 is 0.857 bits per heavy atom. The Balaban J connectivity index is 6.02. The van der Waals surface area contributed by atoms with E-state index in [0.29, 0.717) is 0 Å². The average Bonchev–Trinajstić information content (AvgIpc) is 2.07. The first kappa shape index (κ1) is 20.7. The number of hydrogen-bond donors (Lipinski definition) is 0. The first-order valence-corrected chi connectivity index (χ1v) is 18.3. The molecule has 3 nitrogen and oxygen atoms in total. The summed E-state index contributed by atoms with van der Waals surface area (Å²) in [5.41, 5.74) is 1.29. The molecule has 0 aromatic carbocycles. The van der Waals surface area contributed by atoms with Gasteiger partial charge in [-0.2, -0.15) is 0 Å². The molecule has 0 aromatic heterocycles. The third-order valence-electron chi connectivity index (χ3n) is 3.01. The van der Waals surface area contributed by atoms with E-state index in [0.717, 1.165) is 11.8 Å². The normalized spacial score (nSPS) is 14.6.